The van der Waals surface area contributed by atoms with Gasteiger partial charge in [-0.05, 0) is 42.7 Å². The average Bonchev–Trinajstić information content (AvgIpc) is 3.16. The Balaban J connectivity index is 1.76. The number of para-hydroxylation sites is 1. The molecule has 0 unspecified atom stereocenters. The molecule has 136 valence electrons. The molecule has 2 heterocycles. The summed E-state index contributed by atoms with van der Waals surface area (Å²) < 4.78 is 41.1. The summed E-state index contributed by atoms with van der Waals surface area (Å²) in [6.07, 6.45) is 0.417. The van der Waals surface area contributed by atoms with Crippen molar-refractivity contribution < 1.29 is 17.6 Å². The van der Waals surface area contributed by atoms with Crippen LogP contribution in [0.2, 0.25) is 0 Å². The van der Waals surface area contributed by atoms with Crippen molar-refractivity contribution in [2.45, 2.75) is 23.7 Å². The third kappa shape index (κ3) is 2.23. The Bertz CT molecular complexity index is 1020. The number of aryl methyl sites for hydroxylation is 1. The molecule has 7 heteroatoms. The van der Waals surface area contributed by atoms with Crippen molar-refractivity contribution >= 4 is 21.6 Å². The maximum atomic E-state index is 13.6. The smallest absolute Gasteiger partial charge is 0.243 e. The van der Waals surface area contributed by atoms with Crippen molar-refractivity contribution in [3.05, 3.63) is 59.4 Å². The first-order valence-electron chi connectivity index (χ1n) is 8.41. The Morgan fingerprint density at radius 2 is 1.88 bits per heavy atom. The van der Waals surface area contributed by atoms with Crippen LogP contribution in [0.25, 0.3) is 0 Å². The molecule has 0 aromatic heterocycles. The van der Waals surface area contributed by atoms with E-state index in [1.807, 2.05) is 24.3 Å². The van der Waals surface area contributed by atoms with Crippen LogP contribution in [0.1, 0.15) is 17.5 Å². The zero-order valence-corrected chi connectivity index (χ0v) is 15.4. The van der Waals surface area contributed by atoms with Crippen molar-refractivity contribution in [2.75, 3.05) is 25.0 Å². The number of anilines is 1. The Hall–Kier alpha value is -2.25. The van der Waals surface area contributed by atoms with E-state index in [2.05, 4.69) is 0 Å². The molecule has 2 aromatic rings. The van der Waals surface area contributed by atoms with Gasteiger partial charge in [0.2, 0.25) is 15.9 Å². The van der Waals surface area contributed by atoms with Crippen LogP contribution in [-0.2, 0) is 20.2 Å². The summed E-state index contributed by atoms with van der Waals surface area (Å²) in [4.78, 5) is 14.5. The van der Waals surface area contributed by atoms with Gasteiger partial charge in [0.1, 0.15) is 5.82 Å². The zero-order chi connectivity index (χ0) is 18.7. The number of fused-ring (bicyclic) bond motifs is 2. The van der Waals surface area contributed by atoms with Gasteiger partial charge < -0.3 is 4.90 Å². The molecular formula is C19H19FN2O3S. The van der Waals surface area contributed by atoms with E-state index >= 15 is 0 Å². The van der Waals surface area contributed by atoms with Crippen LogP contribution >= 0.6 is 0 Å². The quantitative estimate of drug-likeness (QED) is 0.811. The van der Waals surface area contributed by atoms with Gasteiger partial charge in [0.25, 0.3) is 0 Å². The summed E-state index contributed by atoms with van der Waals surface area (Å²) in [5, 5.41) is 0. The lowest BCUT2D eigenvalue weighted by Gasteiger charge is -2.23. The number of nitrogens with zero attached hydrogens (tertiary/aromatic N) is 2. The maximum Gasteiger partial charge on any atom is 0.243 e. The van der Waals surface area contributed by atoms with E-state index in [-0.39, 0.29) is 23.9 Å². The van der Waals surface area contributed by atoms with Crippen LogP contribution in [0, 0.1) is 12.7 Å². The third-order valence-electron chi connectivity index (χ3n) is 5.50. The van der Waals surface area contributed by atoms with Gasteiger partial charge in [-0.25, -0.2) is 12.8 Å². The van der Waals surface area contributed by atoms with Crippen LogP contribution in [-0.4, -0.2) is 38.8 Å². The Labute approximate surface area is 152 Å². The molecule has 1 amide bonds. The molecule has 1 atom stereocenters. The molecule has 4 rings (SSSR count). The van der Waals surface area contributed by atoms with E-state index in [9.17, 15) is 17.6 Å². The van der Waals surface area contributed by atoms with Gasteiger partial charge in [-0.2, -0.15) is 4.31 Å². The molecule has 5 nitrogen and oxygen atoms in total. The summed E-state index contributed by atoms with van der Waals surface area (Å²) in [5.74, 6) is -0.683. The van der Waals surface area contributed by atoms with E-state index in [0.29, 0.717) is 12.0 Å². The van der Waals surface area contributed by atoms with Gasteiger partial charge >= 0.3 is 0 Å². The predicted octanol–water partition coefficient (Wildman–Crippen LogP) is 2.44. The molecule has 2 aliphatic rings. The van der Waals surface area contributed by atoms with Crippen LogP contribution < -0.4 is 4.90 Å². The lowest BCUT2D eigenvalue weighted by atomic mass is 9.81. The van der Waals surface area contributed by atoms with Gasteiger partial charge in [0.05, 0.1) is 10.3 Å². The minimum Gasteiger partial charge on any atom is -0.314 e. The minimum absolute atomic E-state index is 0.0402. The van der Waals surface area contributed by atoms with Gasteiger partial charge in [-0.3, -0.25) is 4.79 Å². The molecule has 1 spiro atoms. The van der Waals surface area contributed by atoms with Gasteiger partial charge in [0, 0.05) is 25.8 Å². The second kappa shape index (κ2) is 5.62. The number of sulfonamides is 1. The maximum absolute atomic E-state index is 13.6. The molecule has 0 bridgehead atoms. The number of amides is 1. The van der Waals surface area contributed by atoms with Crippen LogP contribution in [0.5, 0.6) is 0 Å². The lowest BCUT2D eigenvalue weighted by Crippen LogP contribution is -2.42. The lowest BCUT2D eigenvalue weighted by molar-refractivity contribution is -0.122. The highest BCUT2D eigenvalue weighted by Gasteiger charge is 2.55. The number of likely N-dealkylation sites (N-methyl/N-ethyl adjacent to an activating group) is 1. The highest BCUT2D eigenvalue weighted by Crippen LogP contribution is 2.47. The van der Waals surface area contributed by atoms with E-state index < -0.39 is 21.3 Å². The molecule has 0 saturated carbocycles. The number of hydrogen-bond acceptors (Lipinski definition) is 3. The molecule has 1 saturated heterocycles. The Morgan fingerprint density at radius 1 is 1.15 bits per heavy atom. The first kappa shape index (κ1) is 17.2. The highest BCUT2D eigenvalue weighted by atomic mass is 32.2. The Morgan fingerprint density at radius 3 is 2.65 bits per heavy atom. The number of benzene rings is 2. The molecular weight excluding hydrogens is 355 g/mol. The number of halogens is 1. The Kier molecular flexibility index (Phi) is 3.71. The molecule has 2 aliphatic heterocycles. The van der Waals surface area contributed by atoms with E-state index in [0.717, 1.165) is 17.3 Å². The van der Waals surface area contributed by atoms with E-state index in [1.165, 1.54) is 16.4 Å². The summed E-state index contributed by atoms with van der Waals surface area (Å²) in [6.45, 7) is 1.94. The average molecular weight is 374 g/mol. The van der Waals surface area contributed by atoms with Gasteiger partial charge in [0.15, 0.2) is 0 Å². The topological polar surface area (TPSA) is 57.7 Å². The minimum atomic E-state index is -3.88. The fourth-order valence-corrected chi connectivity index (χ4v) is 5.82. The van der Waals surface area contributed by atoms with Crippen molar-refractivity contribution in [2.24, 2.45) is 0 Å². The molecule has 1 fully saturated rings. The number of carbonyl (C=O) groups is 1. The van der Waals surface area contributed by atoms with Crippen molar-refractivity contribution in [3.8, 4) is 0 Å². The molecule has 0 aliphatic carbocycles. The van der Waals surface area contributed by atoms with Crippen molar-refractivity contribution in [1.29, 1.82) is 0 Å². The van der Waals surface area contributed by atoms with Crippen LogP contribution in [0.15, 0.2) is 47.4 Å². The van der Waals surface area contributed by atoms with Gasteiger partial charge in [-0.1, -0.05) is 24.3 Å². The largest absolute Gasteiger partial charge is 0.314 e. The highest BCUT2D eigenvalue weighted by molar-refractivity contribution is 7.89. The van der Waals surface area contributed by atoms with Crippen LogP contribution in [0.4, 0.5) is 10.1 Å². The number of carbonyl (C=O) groups excluding carboxylic acids is 1. The number of hydrogen-bond donors (Lipinski definition) is 0. The standard InChI is InChI=1S/C19H19FN2O3S/c1-13-7-8-14(20)11-17(13)26(24,25)22-10-9-19(12-22)15-5-3-4-6-16(15)21(2)18(19)23/h3-8,11H,9-10,12H2,1-2H3/t19-/m0/s1. The predicted molar refractivity (Wildman–Crippen MR) is 96.0 cm³/mol. The first-order valence-corrected chi connectivity index (χ1v) is 9.85. The monoisotopic (exact) mass is 374 g/mol. The second-order valence-electron chi connectivity index (χ2n) is 6.96. The normalized spacial score (nSPS) is 23.0. The summed E-state index contributed by atoms with van der Waals surface area (Å²) in [7, 11) is -2.16. The number of rotatable bonds is 2. The molecule has 2 aromatic carbocycles. The fourth-order valence-electron chi connectivity index (χ4n) is 4.08. The summed E-state index contributed by atoms with van der Waals surface area (Å²) >= 11 is 0. The van der Waals surface area contributed by atoms with Crippen LogP contribution in [0.3, 0.4) is 0 Å². The second-order valence-corrected chi connectivity index (χ2v) is 8.87. The summed E-state index contributed by atoms with van der Waals surface area (Å²) in [5.41, 5.74) is 1.31. The SMILES string of the molecule is Cc1ccc(F)cc1S(=O)(=O)N1CC[C@@]2(C1)C(=O)N(C)c1ccccc12. The van der Waals surface area contributed by atoms with Gasteiger partial charge in [-0.15, -0.1) is 0 Å². The van der Waals surface area contributed by atoms with Crippen molar-refractivity contribution in [3.63, 3.8) is 0 Å². The van der Waals surface area contributed by atoms with E-state index in [1.54, 1.807) is 18.9 Å². The zero-order valence-electron chi connectivity index (χ0n) is 14.6. The van der Waals surface area contributed by atoms with E-state index in [4.69, 9.17) is 0 Å². The molecule has 26 heavy (non-hydrogen) atoms. The molecule has 0 N–H and O–H groups in total. The van der Waals surface area contributed by atoms with Crippen molar-refractivity contribution in [1.82, 2.24) is 4.31 Å². The molecule has 0 radical (unpaired) electrons. The first-order chi connectivity index (χ1) is 12.3. The fraction of sp³-hybridized carbons (Fsp3) is 0.316. The third-order valence-corrected chi connectivity index (χ3v) is 7.48. The summed E-state index contributed by atoms with van der Waals surface area (Å²) in [6, 6.07) is 11.2.